The van der Waals surface area contributed by atoms with Gasteiger partial charge in [-0.15, -0.1) is 11.8 Å². The summed E-state index contributed by atoms with van der Waals surface area (Å²) >= 11 is 1.43. The standard InChI is InChI=1S/C22H26N6OS/c1-3-16-9-11-17(12-10-16)15(2)24-20(29)14-30-13-19-26-21(23)28-22(27-19)25-18-7-5-4-6-8-18/h4-12,15H,3,13-14H2,1-2H3,(H,24,29)(H3,23,25,26,27,28)/t15-/m0/s1. The summed E-state index contributed by atoms with van der Waals surface area (Å²) in [6.45, 7) is 4.11. The molecular weight excluding hydrogens is 396 g/mol. The van der Waals surface area contributed by atoms with Gasteiger partial charge in [0.1, 0.15) is 5.82 Å². The number of hydrogen-bond donors (Lipinski definition) is 3. The van der Waals surface area contributed by atoms with Crippen molar-refractivity contribution >= 4 is 35.3 Å². The number of nitrogens with two attached hydrogens (primary N) is 1. The third-order valence-corrected chi connectivity index (χ3v) is 5.39. The molecule has 30 heavy (non-hydrogen) atoms. The highest BCUT2D eigenvalue weighted by atomic mass is 32.2. The number of nitrogens with zero attached hydrogens (tertiary/aromatic N) is 3. The van der Waals surface area contributed by atoms with Crippen LogP contribution in [0.5, 0.6) is 0 Å². The van der Waals surface area contributed by atoms with Crippen LogP contribution in [0.15, 0.2) is 54.6 Å². The third-order valence-electron chi connectivity index (χ3n) is 4.46. The Morgan fingerprint density at radius 1 is 1.07 bits per heavy atom. The molecule has 0 spiro atoms. The normalized spacial score (nSPS) is 11.7. The van der Waals surface area contributed by atoms with E-state index in [2.05, 4.69) is 56.8 Å². The maximum atomic E-state index is 12.3. The molecule has 4 N–H and O–H groups in total. The molecule has 0 saturated heterocycles. The molecule has 1 heterocycles. The fraction of sp³-hybridized carbons (Fsp3) is 0.273. The lowest BCUT2D eigenvalue weighted by atomic mass is 10.1. The second-order valence-corrected chi connectivity index (χ2v) is 7.79. The summed E-state index contributed by atoms with van der Waals surface area (Å²) < 4.78 is 0. The average Bonchev–Trinajstić information content (AvgIpc) is 2.74. The first-order valence-corrected chi connectivity index (χ1v) is 11.0. The number of rotatable bonds is 9. The Labute approximate surface area is 180 Å². The maximum absolute atomic E-state index is 12.3. The Morgan fingerprint density at radius 3 is 2.50 bits per heavy atom. The van der Waals surface area contributed by atoms with Gasteiger partial charge in [0.15, 0.2) is 0 Å². The molecule has 3 aromatic rings. The first kappa shape index (κ1) is 21.6. The summed E-state index contributed by atoms with van der Waals surface area (Å²) in [5.74, 6) is 1.80. The van der Waals surface area contributed by atoms with E-state index in [1.54, 1.807) is 0 Å². The van der Waals surface area contributed by atoms with Gasteiger partial charge in [0.2, 0.25) is 17.8 Å². The molecular formula is C22H26N6OS. The lowest BCUT2D eigenvalue weighted by Crippen LogP contribution is -2.28. The molecule has 0 saturated carbocycles. The molecule has 0 aliphatic heterocycles. The lowest BCUT2D eigenvalue weighted by molar-refractivity contribution is -0.119. The number of nitrogens with one attached hydrogen (secondary N) is 2. The van der Waals surface area contributed by atoms with Crippen LogP contribution in [-0.4, -0.2) is 26.6 Å². The molecule has 0 bridgehead atoms. The summed E-state index contributed by atoms with van der Waals surface area (Å²) in [6.07, 6.45) is 1.00. The first-order valence-electron chi connectivity index (χ1n) is 9.82. The molecule has 0 radical (unpaired) electrons. The van der Waals surface area contributed by atoms with E-state index >= 15 is 0 Å². The van der Waals surface area contributed by atoms with Gasteiger partial charge in [0, 0.05) is 5.69 Å². The number of nitrogen functional groups attached to an aromatic ring is 1. The molecule has 8 heteroatoms. The Kier molecular flexibility index (Phi) is 7.62. The van der Waals surface area contributed by atoms with Gasteiger partial charge >= 0.3 is 0 Å². The molecule has 2 aromatic carbocycles. The number of hydrogen-bond acceptors (Lipinski definition) is 7. The van der Waals surface area contributed by atoms with Crippen molar-refractivity contribution in [2.24, 2.45) is 0 Å². The molecule has 0 aliphatic rings. The monoisotopic (exact) mass is 422 g/mol. The van der Waals surface area contributed by atoms with Gasteiger partial charge in [0.05, 0.1) is 17.5 Å². The number of thioether (sulfide) groups is 1. The highest BCUT2D eigenvalue weighted by Gasteiger charge is 2.11. The van der Waals surface area contributed by atoms with Crippen molar-refractivity contribution in [3.05, 3.63) is 71.5 Å². The van der Waals surface area contributed by atoms with E-state index in [1.807, 2.05) is 37.3 Å². The van der Waals surface area contributed by atoms with Crippen molar-refractivity contribution in [1.29, 1.82) is 0 Å². The number of para-hydroxylation sites is 1. The Bertz CT molecular complexity index is 965. The average molecular weight is 423 g/mol. The van der Waals surface area contributed by atoms with E-state index in [-0.39, 0.29) is 17.9 Å². The van der Waals surface area contributed by atoms with Gasteiger partial charge < -0.3 is 16.4 Å². The number of benzene rings is 2. The molecule has 1 amide bonds. The van der Waals surface area contributed by atoms with Crippen molar-refractivity contribution in [3.63, 3.8) is 0 Å². The van der Waals surface area contributed by atoms with Crippen LogP contribution < -0.4 is 16.4 Å². The molecule has 7 nitrogen and oxygen atoms in total. The van der Waals surface area contributed by atoms with Gasteiger partial charge in [-0.05, 0) is 36.6 Å². The number of carbonyl (C=O) groups is 1. The summed E-state index contributed by atoms with van der Waals surface area (Å²) in [6, 6.07) is 17.9. The fourth-order valence-corrected chi connectivity index (χ4v) is 3.53. The maximum Gasteiger partial charge on any atom is 0.232 e. The van der Waals surface area contributed by atoms with Gasteiger partial charge in [-0.3, -0.25) is 4.79 Å². The summed E-state index contributed by atoms with van der Waals surface area (Å²) in [5.41, 5.74) is 9.04. The second-order valence-electron chi connectivity index (χ2n) is 6.80. The minimum Gasteiger partial charge on any atom is -0.368 e. The minimum atomic E-state index is -0.0431. The van der Waals surface area contributed by atoms with Gasteiger partial charge in [-0.25, -0.2) is 0 Å². The van der Waals surface area contributed by atoms with E-state index in [0.717, 1.165) is 17.7 Å². The third kappa shape index (κ3) is 6.45. The van der Waals surface area contributed by atoms with Crippen LogP contribution in [0.1, 0.15) is 36.8 Å². The van der Waals surface area contributed by atoms with Crippen LogP contribution in [0.4, 0.5) is 17.6 Å². The predicted molar refractivity (Wildman–Crippen MR) is 123 cm³/mol. The molecule has 0 aliphatic carbocycles. The Hall–Kier alpha value is -3.13. The zero-order valence-electron chi connectivity index (χ0n) is 17.1. The van der Waals surface area contributed by atoms with Crippen LogP contribution in [0, 0.1) is 0 Å². The van der Waals surface area contributed by atoms with Crippen molar-refractivity contribution in [2.75, 3.05) is 16.8 Å². The van der Waals surface area contributed by atoms with Crippen molar-refractivity contribution in [3.8, 4) is 0 Å². The summed E-state index contributed by atoms with van der Waals surface area (Å²) in [5, 5.41) is 6.13. The topological polar surface area (TPSA) is 106 Å². The Morgan fingerprint density at radius 2 is 1.80 bits per heavy atom. The summed E-state index contributed by atoms with van der Waals surface area (Å²) in [4.78, 5) is 25.0. The van der Waals surface area contributed by atoms with Crippen molar-refractivity contribution in [2.45, 2.75) is 32.1 Å². The Balaban J connectivity index is 1.49. The fourth-order valence-electron chi connectivity index (χ4n) is 2.85. The number of amides is 1. The number of aryl methyl sites for hydroxylation is 1. The zero-order chi connectivity index (χ0) is 21.3. The molecule has 0 unspecified atom stereocenters. The highest BCUT2D eigenvalue weighted by Crippen LogP contribution is 2.17. The smallest absolute Gasteiger partial charge is 0.232 e. The number of aromatic nitrogens is 3. The van der Waals surface area contributed by atoms with Gasteiger partial charge in [-0.2, -0.15) is 15.0 Å². The largest absolute Gasteiger partial charge is 0.368 e. The zero-order valence-corrected chi connectivity index (χ0v) is 17.9. The van der Waals surface area contributed by atoms with Gasteiger partial charge in [0.25, 0.3) is 0 Å². The van der Waals surface area contributed by atoms with Crippen LogP contribution in [0.2, 0.25) is 0 Å². The molecule has 1 atom stereocenters. The van der Waals surface area contributed by atoms with Crippen LogP contribution in [0.3, 0.4) is 0 Å². The highest BCUT2D eigenvalue weighted by molar-refractivity contribution is 7.99. The van der Waals surface area contributed by atoms with Crippen molar-refractivity contribution < 1.29 is 4.79 Å². The SMILES string of the molecule is CCc1ccc([C@H](C)NC(=O)CSCc2nc(N)nc(Nc3ccccc3)n2)cc1. The van der Waals surface area contributed by atoms with Crippen LogP contribution in [-0.2, 0) is 17.0 Å². The van der Waals surface area contributed by atoms with E-state index < -0.39 is 0 Å². The molecule has 3 rings (SSSR count). The van der Waals surface area contributed by atoms with Crippen LogP contribution in [0.25, 0.3) is 0 Å². The molecule has 1 aromatic heterocycles. The van der Waals surface area contributed by atoms with E-state index in [1.165, 1.54) is 17.3 Å². The first-order chi connectivity index (χ1) is 14.5. The van der Waals surface area contributed by atoms with E-state index in [4.69, 9.17) is 5.73 Å². The van der Waals surface area contributed by atoms with E-state index in [9.17, 15) is 4.79 Å². The predicted octanol–water partition coefficient (Wildman–Crippen LogP) is 3.87. The van der Waals surface area contributed by atoms with Crippen molar-refractivity contribution in [1.82, 2.24) is 20.3 Å². The molecule has 156 valence electrons. The second kappa shape index (κ2) is 10.6. The quantitative estimate of drug-likeness (QED) is 0.481. The minimum absolute atomic E-state index is 0.0308. The van der Waals surface area contributed by atoms with Gasteiger partial charge in [-0.1, -0.05) is 49.4 Å². The number of anilines is 3. The molecule has 0 fully saturated rings. The lowest BCUT2D eigenvalue weighted by Gasteiger charge is -2.14. The number of carbonyl (C=O) groups excluding carboxylic acids is 1. The summed E-state index contributed by atoms with van der Waals surface area (Å²) in [7, 11) is 0. The van der Waals surface area contributed by atoms with Crippen LogP contribution >= 0.6 is 11.8 Å². The van der Waals surface area contributed by atoms with E-state index in [0.29, 0.717) is 23.3 Å².